The van der Waals surface area contributed by atoms with Crippen LogP contribution in [0.3, 0.4) is 0 Å². The fourth-order valence-corrected chi connectivity index (χ4v) is 7.12. The highest BCUT2D eigenvalue weighted by Crippen LogP contribution is 2.13. The van der Waals surface area contributed by atoms with Crippen molar-refractivity contribution in [1.82, 2.24) is 0 Å². The first-order chi connectivity index (χ1) is 33.0. The Labute approximate surface area is 412 Å². The van der Waals surface area contributed by atoms with E-state index < -0.39 is 6.10 Å². The minimum Gasteiger partial charge on any atom is -0.462 e. The van der Waals surface area contributed by atoms with Crippen molar-refractivity contribution in [3.63, 3.8) is 0 Å². The zero-order valence-corrected chi connectivity index (χ0v) is 43.4. The molecule has 67 heavy (non-hydrogen) atoms. The molecule has 0 aliphatic rings. The second kappa shape index (κ2) is 54.7. The lowest BCUT2D eigenvalue weighted by Gasteiger charge is -2.18. The molecule has 0 rings (SSSR count). The molecule has 0 N–H and O–H groups in total. The highest BCUT2D eigenvalue weighted by atomic mass is 16.6. The van der Waals surface area contributed by atoms with E-state index in [-0.39, 0.29) is 31.1 Å². The van der Waals surface area contributed by atoms with Gasteiger partial charge in [-0.15, -0.1) is 0 Å². The van der Waals surface area contributed by atoms with E-state index >= 15 is 0 Å². The smallest absolute Gasteiger partial charge is 0.306 e. The average Bonchev–Trinajstić information content (AvgIpc) is 3.33. The van der Waals surface area contributed by atoms with Gasteiger partial charge in [0.2, 0.25) is 0 Å². The zero-order chi connectivity index (χ0) is 48.6. The van der Waals surface area contributed by atoms with Crippen molar-refractivity contribution in [1.29, 1.82) is 0 Å². The first kappa shape index (κ1) is 63.1. The predicted molar refractivity (Wildman–Crippen MR) is 288 cm³/mol. The standard InChI is InChI=1S/C61H100O6/c1-4-7-10-13-16-19-22-24-26-28-29-30-31-32-33-34-36-37-39-42-45-48-51-54-60(63)66-57-58(56-65-59(62)53-50-47-44-41-21-18-15-12-9-6-3)67-61(64)55-52-49-46-43-40-38-35-27-25-23-20-17-14-11-8-5-2/h7,10,12,15-16,19-20,23-24,26-27,29-30,32-33,35-37,58H,4-6,8-9,11,13-14,17-18,21-22,25,28,31,34,38-57H2,1-3H3/b10-7-,15-12-,19-16-,23-20-,26-24-,30-29-,33-32-,35-27-,37-36-. The molecule has 0 amide bonds. The molecule has 0 aliphatic heterocycles. The summed E-state index contributed by atoms with van der Waals surface area (Å²) in [6.45, 7) is 6.40. The van der Waals surface area contributed by atoms with E-state index in [9.17, 15) is 14.4 Å². The molecule has 0 fully saturated rings. The highest BCUT2D eigenvalue weighted by Gasteiger charge is 2.19. The summed E-state index contributed by atoms with van der Waals surface area (Å²) in [5.74, 6) is -0.952. The molecule has 6 nitrogen and oxygen atoms in total. The van der Waals surface area contributed by atoms with Crippen LogP contribution in [0.5, 0.6) is 0 Å². The maximum atomic E-state index is 12.8. The molecule has 0 radical (unpaired) electrons. The summed E-state index contributed by atoms with van der Waals surface area (Å²) in [5.41, 5.74) is 0. The quantitative estimate of drug-likeness (QED) is 0.0262. The highest BCUT2D eigenvalue weighted by molar-refractivity contribution is 5.71. The summed E-state index contributed by atoms with van der Waals surface area (Å²) < 4.78 is 16.8. The van der Waals surface area contributed by atoms with Crippen molar-refractivity contribution in [2.45, 2.75) is 245 Å². The van der Waals surface area contributed by atoms with Crippen LogP contribution in [0.1, 0.15) is 239 Å². The van der Waals surface area contributed by atoms with E-state index in [1.807, 2.05) is 0 Å². The van der Waals surface area contributed by atoms with Gasteiger partial charge in [-0.3, -0.25) is 14.4 Å². The molecule has 0 aromatic rings. The Morgan fingerprint density at radius 2 is 0.612 bits per heavy atom. The van der Waals surface area contributed by atoms with Crippen LogP contribution in [0, 0.1) is 0 Å². The second-order valence-electron chi connectivity index (χ2n) is 17.7. The monoisotopic (exact) mass is 929 g/mol. The first-order valence-corrected chi connectivity index (χ1v) is 27.4. The number of unbranched alkanes of at least 4 members (excludes halogenated alkanes) is 19. The van der Waals surface area contributed by atoms with Crippen LogP contribution in [0.15, 0.2) is 109 Å². The van der Waals surface area contributed by atoms with Gasteiger partial charge in [-0.05, 0) is 122 Å². The van der Waals surface area contributed by atoms with Crippen LogP contribution in [-0.4, -0.2) is 37.2 Å². The van der Waals surface area contributed by atoms with E-state index in [1.165, 1.54) is 44.9 Å². The van der Waals surface area contributed by atoms with Gasteiger partial charge < -0.3 is 14.2 Å². The minimum atomic E-state index is -0.801. The van der Waals surface area contributed by atoms with Crippen LogP contribution in [-0.2, 0) is 28.6 Å². The zero-order valence-electron chi connectivity index (χ0n) is 43.4. The Morgan fingerprint density at radius 1 is 0.313 bits per heavy atom. The first-order valence-electron chi connectivity index (χ1n) is 27.4. The van der Waals surface area contributed by atoms with E-state index in [4.69, 9.17) is 14.2 Å². The lowest BCUT2D eigenvalue weighted by Crippen LogP contribution is -2.30. The predicted octanol–water partition coefficient (Wildman–Crippen LogP) is 18.3. The van der Waals surface area contributed by atoms with Gasteiger partial charge in [0, 0.05) is 19.3 Å². The summed E-state index contributed by atoms with van der Waals surface area (Å²) >= 11 is 0. The molecule has 6 heteroatoms. The molecule has 0 aromatic heterocycles. The molecule has 0 bridgehead atoms. The topological polar surface area (TPSA) is 78.9 Å². The molecule has 0 aliphatic carbocycles. The molecule has 1 atom stereocenters. The summed E-state index contributed by atoms with van der Waals surface area (Å²) in [6, 6.07) is 0. The van der Waals surface area contributed by atoms with Gasteiger partial charge in [0.1, 0.15) is 13.2 Å². The van der Waals surface area contributed by atoms with Crippen LogP contribution in [0.25, 0.3) is 0 Å². The van der Waals surface area contributed by atoms with Crippen molar-refractivity contribution in [2.75, 3.05) is 13.2 Å². The molecule has 0 heterocycles. The van der Waals surface area contributed by atoms with E-state index in [0.29, 0.717) is 19.3 Å². The number of ether oxygens (including phenoxy) is 3. The summed E-state index contributed by atoms with van der Waals surface area (Å²) in [7, 11) is 0. The van der Waals surface area contributed by atoms with Crippen molar-refractivity contribution in [2.24, 2.45) is 0 Å². The fraction of sp³-hybridized carbons (Fsp3) is 0.656. The number of esters is 3. The molecule has 0 aromatic carbocycles. The molecule has 380 valence electrons. The van der Waals surface area contributed by atoms with Gasteiger partial charge in [0.15, 0.2) is 6.10 Å². The average molecular weight is 929 g/mol. The molecule has 0 spiro atoms. The molecule has 1 unspecified atom stereocenters. The van der Waals surface area contributed by atoms with Crippen molar-refractivity contribution in [3.8, 4) is 0 Å². The Bertz CT molecular complexity index is 1390. The van der Waals surface area contributed by atoms with Crippen molar-refractivity contribution in [3.05, 3.63) is 109 Å². The maximum absolute atomic E-state index is 12.8. The Morgan fingerprint density at radius 3 is 0.985 bits per heavy atom. The summed E-state index contributed by atoms with van der Waals surface area (Å²) in [5, 5.41) is 0. The van der Waals surface area contributed by atoms with Gasteiger partial charge >= 0.3 is 17.9 Å². The number of allylic oxidation sites excluding steroid dienone is 18. The number of carbonyl (C=O) groups excluding carboxylic acids is 3. The van der Waals surface area contributed by atoms with Gasteiger partial charge in [0.05, 0.1) is 0 Å². The second-order valence-corrected chi connectivity index (χ2v) is 17.7. The van der Waals surface area contributed by atoms with Crippen molar-refractivity contribution >= 4 is 17.9 Å². The molecule has 0 saturated heterocycles. The lowest BCUT2D eigenvalue weighted by atomic mass is 10.1. The van der Waals surface area contributed by atoms with Gasteiger partial charge in [-0.1, -0.05) is 207 Å². The molecular formula is C61H100O6. The third-order valence-electron chi connectivity index (χ3n) is 11.2. The van der Waals surface area contributed by atoms with E-state index in [0.717, 1.165) is 154 Å². The van der Waals surface area contributed by atoms with Crippen LogP contribution in [0.4, 0.5) is 0 Å². The Hall–Kier alpha value is -3.93. The van der Waals surface area contributed by atoms with E-state index in [2.05, 4.69) is 130 Å². The SMILES string of the molecule is CC/C=C\C/C=C\C/C=C\C/C=C\C/C=C\C/C=C\CCCCCCC(=O)OCC(COC(=O)CCCCCCC/C=C\CCC)OC(=O)CCCCCCC/C=C\C/C=C\CCCCCC. The summed E-state index contributed by atoms with van der Waals surface area (Å²) in [4.78, 5) is 38.0. The van der Waals surface area contributed by atoms with Crippen LogP contribution >= 0.6 is 0 Å². The fourth-order valence-electron chi connectivity index (χ4n) is 7.12. The van der Waals surface area contributed by atoms with Gasteiger partial charge in [-0.25, -0.2) is 0 Å². The van der Waals surface area contributed by atoms with Crippen LogP contribution < -0.4 is 0 Å². The van der Waals surface area contributed by atoms with Gasteiger partial charge in [0.25, 0.3) is 0 Å². The van der Waals surface area contributed by atoms with Crippen LogP contribution in [0.2, 0.25) is 0 Å². The third kappa shape index (κ3) is 52.9. The molecule has 0 saturated carbocycles. The number of hydrogen-bond acceptors (Lipinski definition) is 6. The summed E-state index contributed by atoms with van der Waals surface area (Å²) in [6.07, 6.45) is 73.6. The number of hydrogen-bond donors (Lipinski definition) is 0. The lowest BCUT2D eigenvalue weighted by molar-refractivity contribution is -0.167. The minimum absolute atomic E-state index is 0.0984. The molecular weight excluding hydrogens is 829 g/mol. The number of carbonyl (C=O) groups is 3. The third-order valence-corrected chi connectivity index (χ3v) is 11.2. The van der Waals surface area contributed by atoms with Crippen molar-refractivity contribution < 1.29 is 28.6 Å². The normalized spacial score (nSPS) is 12.9. The Kier molecular flexibility index (Phi) is 51.5. The van der Waals surface area contributed by atoms with E-state index in [1.54, 1.807) is 0 Å². The van der Waals surface area contributed by atoms with Gasteiger partial charge in [-0.2, -0.15) is 0 Å². The Balaban J connectivity index is 4.41. The number of rotatable bonds is 48. The maximum Gasteiger partial charge on any atom is 0.306 e. The largest absolute Gasteiger partial charge is 0.462 e.